The predicted molar refractivity (Wildman–Crippen MR) is 356 cm³/mol. The quantitative estimate of drug-likeness (QED) is 0.0379. The van der Waals surface area contributed by atoms with E-state index in [2.05, 4.69) is 41.5 Å². The third-order valence-electron chi connectivity index (χ3n) is 30.1. The van der Waals surface area contributed by atoms with Crippen molar-refractivity contribution in [1.29, 1.82) is 0 Å². The van der Waals surface area contributed by atoms with Crippen LogP contribution in [0.15, 0.2) is 0 Å². The monoisotopic (exact) mass is 1360 g/mol. The molecule has 0 aromatic rings. The van der Waals surface area contributed by atoms with E-state index >= 15 is 0 Å². The first-order valence-corrected chi connectivity index (χ1v) is 46.3. The number of ether oxygens (including phenoxy) is 4. The second kappa shape index (κ2) is 27.5. The third-order valence-corrected chi connectivity index (χ3v) is 41.8. The van der Waals surface area contributed by atoms with E-state index < -0.39 is 35.2 Å². The highest BCUT2D eigenvalue weighted by Gasteiger charge is 2.75. The molecule has 12 bridgehead atoms. The fourth-order valence-corrected chi connectivity index (χ4v) is 36.2. The molecular formula is C72H124O16Si4. The first-order chi connectivity index (χ1) is 44.8. The lowest BCUT2D eigenvalue weighted by Gasteiger charge is -2.38. The zero-order valence-electron chi connectivity index (χ0n) is 58.8. The van der Waals surface area contributed by atoms with Crippen molar-refractivity contribution in [2.75, 3.05) is 82.3 Å². The van der Waals surface area contributed by atoms with Crippen molar-refractivity contribution < 1.29 is 72.1 Å². The van der Waals surface area contributed by atoms with E-state index in [4.69, 9.17) is 72.1 Å². The highest BCUT2D eigenvalue weighted by atomic mass is 28.4. The van der Waals surface area contributed by atoms with E-state index in [9.17, 15) is 0 Å². The van der Waals surface area contributed by atoms with Crippen LogP contribution in [0.2, 0.25) is 24.2 Å². The van der Waals surface area contributed by atoms with Gasteiger partial charge in [0, 0.05) is 106 Å². The summed E-state index contributed by atoms with van der Waals surface area (Å²) < 4.78 is 93.6. The molecule has 14 saturated carbocycles. The Morgan fingerprint density at radius 1 is 0.250 bits per heavy atom. The summed E-state index contributed by atoms with van der Waals surface area (Å²) in [6.07, 6.45) is 30.2. The van der Waals surface area contributed by atoms with Gasteiger partial charge in [0.1, 0.15) is 0 Å². The first-order valence-electron chi connectivity index (χ1n) is 38.6. The minimum atomic E-state index is -2.47. The number of rotatable bonds is 30. The van der Waals surface area contributed by atoms with Gasteiger partial charge in [-0.15, -0.1) is 0 Å². The summed E-state index contributed by atoms with van der Waals surface area (Å²) in [5.41, 5.74) is 0. The van der Waals surface area contributed by atoms with Crippen LogP contribution < -0.4 is 0 Å². The number of fused-ring (bicyclic) bond motifs is 36. The minimum absolute atomic E-state index is 0.620. The zero-order valence-corrected chi connectivity index (χ0v) is 62.8. The molecule has 4 heterocycles. The third kappa shape index (κ3) is 12.2. The lowest BCUT2D eigenvalue weighted by Crippen LogP contribution is -2.46. The minimum Gasteiger partial charge on any atom is -0.377 e. The second-order valence-corrected chi connectivity index (χ2v) is 44.6. The molecule has 524 valence electrons. The molecular weight excluding hydrogens is 1230 g/mol. The normalized spacial score (nSPS) is 48.1. The van der Waals surface area contributed by atoms with Gasteiger partial charge in [-0.05, 0) is 299 Å². The highest BCUT2D eigenvalue weighted by Crippen LogP contribution is 2.75. The maximum absolute atomic E-state index is 6.08. The fourth-order valence-electron chi connectivity index (χ4n) is 27.0. The Bertz CT molecular complexity index is 2430. The largest absolute Gasteiger partial charge is 0.500 e. The van der Waals surface area contributed by atoms with Gasteiger partial charge in [0.05, 0.1) is 48.8 Å². The van der Waals surface area contributed by atoms with Crippen LogP contribution in [0.1, 0.15) is 157 Å². The standard InChI is InChI=1S/C20H34O4Si.C19H34O4Si.C17H28O4Si.C16H28O4Si/c1-4-21-25(22-5-2,23-6-3)8-7-12-9-13-10-14(12)18-16-11-15(17(13)18)19-20(16)24-19;1-4-20-24(21-5-2,22-6-3)8-7-13-9-14-10-15(13)17-12-19-18(23-19)11-16(14)17;1-18-22(19-2,20-3)5-4-9-6-10-7-11(9)15-13-8-12(14(10)15)16-17(13)21-16;1-17-21(18-2,19-3)5-4-10-6-11-7-12(10)14-9-16-15(20-16)8-13(11)14/h12-20H,4-11H2,1-3H3;13-19H,4-12H2,1-3H3;9-17H,4-8H2,1-3H3;10-16H,4-9H2,1-3H3. The maximum Gasteiger partial charge on any atom is 0.500 e. The molecule has 92 heavy (non-hydrogen) atoms. The average molecular weight is 1360 g/mol. The van der Waals surface area contributed by atoms with Crippen molar-refractivity contribution in [3.05, 3.63) is 0 Å². The van der Waals surface area contributed by atoms with E-state index in [1.165, 1.54) is 116 Å². The first kappa shape index (κ1) is 68.0. The molecule has 0 radical (unpaired) electrons. The molecule has 16 nitrogen and oxygen atoms in total. The molecule has 0 aromatic carbocycles. The Balaban J connectivity index is 0.000000102. The van der Waals surface area contributed by atoms with E-state index in [0.717, 1.165) is 166 Å². The Hall–Kier alpha value is 0.228. The molecule has 18 rings (SSSR count). The lowest BCUT2D eigenvalue weighted by molar-refractivity contribution is 0.0642. The fraction of sp³-hybridized carbons (Fsp3) is 1.00. The van der Waals surface area contributed by atoms with E-state index in [-0.39, 0.29) is 0 Å². The molecule has 14 aliphatic carbocycles. The van der Waals surface area contributed by atoms with E-state index in [0.29, 0.717) is 88.5 Å². The molecule has 4 saturated heterocycles. The predicted octanol–water partition coefficient (Wildman–Crippen LogP) is 12.9. The van der Waals surface area contributed by atoms with Crippen LogP contribution in [0, 0.1) is 142 Å². The van der Waals surface area contributed by atoms with Crippen molar-refractivity contribution in [3.63, 3.8) is 0 Å². The van der Waals surface area contributed by atoms with Gasteiger partial charge in [-0.1, -0.05) is 0 Å². The lowest BCUT2D eigenvalue weighted by atomic mass is 9.67. The Morgan fingerprint density at radius 3 is 0.837 bits per heavy atom. The molecule has 0 aromatic heterocycles. The van der Waals surface area contributed by atoms with E-state index in [1.807, 2.05) is 0 Å². The van der Waals surface area contributed by atoms with Gasteiger partial charge in [0.25, 0.3) is 0 Å². The van der Waals surface area contributed by atoms with Gasteiger partial charge in [-0.3, -0.25) is 0 Å². The Kier molecular flexibility index (Phi) is 20.4. The summed E-state index contributed by atoms with van der Waals surface area (Å²) in [6.45, 7) is 16.5. The van der Waals surface area contributed by atoms with E-state index in [1.54, 1.807) is 42.7 Å². The molecule has 32 atom stereocenters. The molecule has 0 spiro atoms. The smallest absolute Gasteiger partial charge is 0.377 e. The van der Waals surface area contributed by atoms with Gasteiger partial charge >= 0.3 is 35.2 Å². The molecule has 0 N–H and O–H groups in total. The summed E-state index contributed by atoms with van der Waals surface area (Å²) in [5, 5.41) is 0. The van der Waals surface area contributed by atoms with Gasteiger partial charge in [-0.25, -0.2) is 0 Å². The Labute approximate surface area is 558 Å². The number of hydrogen-bond donors (Lipinski definition) is 0. The van der Waals surface area contributed by atoms with Crippen LogP contribution in [0.5, 0.6) is 0 Å². The molecule has 18 aliphatic rings. The Morgan fingerprint density at radius 2 is 0.522 bits per heavy atom. The summed E-state index contributed by atoms with van der Waals surface area (Å²) in [6, 6.07) is 3.93. The van der Waals surface area contributed by atoms with Gasteiger partial charge < -0.3 is 72.1 Å². The summed E-state index contributed by atoms with van der Waals surface area (Å²) in [4.78, 5) is 0. The zero-order chi connectivity index (χ0) is 63.6. The van der Waals surface area contributed by atoms with Crippen LogP contribution in [-0.2, 0) is 72.1 Å². The summed E-state index contributed by atoms with van der Waals surface area (Å²) in [7, 11) is 0.657. The molecule has 20 heteroatoms. The summed E-state index contributed by atoms with van der Waals surface area (Å²) >= 11 is 0. The van der Waals surface area contributed by atoms with Crippen molar-refractivity contribution in [2.45, 2.75) is 230 Å². The van der Waals surface area contributed by atoms with Crippen LogP contribution in [0.25, 0.3) is 0 Å². The molecule has 4 aliphatic heterocycles. The summed E-state index contributed by atoms with van der Waals surface area (Å²) in [5.74, 6) is 22.7. The van der Waals surface area contributed by atoms with Crippen molar-refractivity contribution in [1.82, 2.24) is 0 Å². The molecule has 32 unspecified atom stereocenters. The average Bonchev–Trinajstić information content (AvgIpc) is 1.52. The molecule has 18 fully saturated rings. The maximum atomic E-state index is 6.08. The van der Waals surface area contributed by atoms with Gasteiger partial charge in [-0.2, -0.15) is 0 Å². The van der Waals surface area contributed by atoms with Crippen LogP contribution in [0.4, 0.5) is 0 Å². The topological polar surface area (TPSA) is 161 Å². The van der Waals surface area contributed by atoms with Crippen LogP contribution >= 0.6 is 0 Å². The second-order valence-electron chi connectivity index (χ2n) is 32.9. The van der Waals surface area contributed by atoms with Gasteiger partial charge in [0.2, 0.25) is 0 Å². The molecule has 0 amide bonds. The number of hydrogen-bond acceptors (Lipinski definition) is 16. The van der Waals surface area contributed by atoms with Crippen molar-refractivity contribution in [2.24, 2.45) is 142 Å². The highest BCUT2D eigenvalue weighted by molar-refractivity contribution is 6.61. The van der Waals surface area contributed by atoms with Gasteiger partial charge in [0.15, 0.2) is 0 Å². The van der Waals surface area contributed by atoms with Crippen molar-refractivity contribution >= 4 is 35.2 Å². The van der Waals surface area contributed by atoms with Crippen LogP contribution in [0.3, 0.4) is 0 Å². The SMILES string of the molecule is CCO[Si](CCC1CC2CC1C1C3CC(C4OC34)C21)(OCC)OCC.CCO[Si](CCC1CC2CC1C1CC3OC3CC21)(OCC)OCC.CO[Si](CCC1CC2CC1C1C3CC(C4OC34)C21)(OC)OC.CO[Si](CCC1CC2CC1C1CC3OC3CC21)(OC)OC. The van der Waals surface area contributed by atoms with Crippen molar-refractivity contribution in [3.8, 4) is 0 Å². The number of epoxide rings is 4. The van der Waals surface area contributed by atoms with Crippen LogP contribution in [-0.4, -0.2) is 166 Å².